The van der Waals surface area contributed by atoms with E-state index in [1.165, 1.54) is 38.0 Å². The van der Waals surface area contributed by atoms with Gasteiger partial charge in [-0.25, -0.2) is 9.78 Å². The number of aromatic nitrogens is 2. The first-order chi connectivity index (χ1) is 22.8. The van der Waals surface area contributed by atoms with Gasteiger partial charge < -0.3 is 19.4 Å². The summed E-state index contributed by atoms with van der Waals surface area (Å²) in [4.78, 5) is 49.3. The third kappa shape index (κ3) is 5.92. The normalized spacial score (nSPS) is 14.2. The van der Waals surface area contributed by atoms with Crippen molar-refractivity contribution in [3.8, 4) is 11.1 Å². The number of ether oxygens (including phenoxy) is 1. The molecule has 4 aromatic carbocycles. The number of hydrogen-bond acceptors (Lipinski definition) is 6. The van der Waals surface area contributed by atoms with Crippen molar-refractivity contribution in [2.24, 2.45) is 0 Å². The lowest BCUT2D eigenvalue weighted by molar-refractivity contribution is -0.118. The molecule has 11 heteroatoms. The summed E-state index contributed by atoms with van der Waals surface area (Å²) in [5.74, 6) is -0.304. The number of likely N-dealkylation sites (N-methyl/N-ethyl adjacent to an activating group) is 1. The van der Waals surface area contributed by atoms with E-state index in [9.17, 15) is 14.4 Å². The average molecular weight is 669 g/mol. The number of piperazine rings is 1. The van der Waals surface area contributed by atoms with Crippen molar-refractivity contribution in [1.82, 2.24) is 14.5 Å². The van der Waals surface area contributed by atoms with Crippen molar-refractivity contribution in [1.29, 1.82) is 0 Å². The number of nitrogens with zero attached hydrogens (tertiary/aromatic N) is 5. The summed E-state index contributed by atoms with van der Waals surface area (Å²) in [7, 11) is 1.61. The predicted molar refractivity (Wildman–Crippen MR) is 185 cm³/mol. The molecule has 7 rings (SSSR count). The van der Waals surface area contributed by atoms with Gasteiger partial charge in [0.05, 0.1) is 27.3 Å². The van der Waals surface area contributed by atoms with Crippen LogP contribution in [0, 0.1) is 0 Å². The summed E-state index contributed by atoms with van der Waals surface area (Å²) in [6, 6.07) is 27.0. The fourth-order valence-corrected chi connectivity index (χ4v) is 6.67. The highest BCUT2D eigenvalue weighted by atomic mass is 35.5. The largest absolute Gasteiger partial charge is 0.448 e. The third-order valence-corrected chi connectivity index (χ3v) is 9.76. The predicted octanol–water partition coefficient (Wildman–Crippen LogP) is 6.44. The Balaban J connectivity index is 0.992. The second-order valence-electron chi connectivity index (χ2n) is 11.7. The minimum Gasteiger partial charge on any atom is -0.448 e. The smallest absolute Gasteiger partial charge is 0.409 e. The molecule has 0 unspecified atom stereocenters. The SMILES string of the molecule is CN(C(=O)Cn1cnc2ccc(N3CCN(C(=O)OCC4c5ccccc5-c5ccccc54)CC3)cc2c1=O)c1ccc(Cl)c(Cl)c1. The van der Waals surface area contributed by atoms with Gasteiger partial charge in [-0.3, -0.25) is 14.2 Å². The summed E-state index contributed by atoms with van der Waals surface area (Å²) in [6.07, 6.45) is 1.06. The van der Waals surface area contributed by atoms with Gasteiger partial charge >= 0.3 is 6.09 Å². The van der Waals surface area contributed by atoms with Gasteiger partial charge in [0.1, 0.15) is 13.2 Å². The maximum atomic E-state index is 13.5. The first-order valence-corrected chi connectivity index (χ1v) is 16.1. The Labute approximate surface area is 281 Å². The molecule has 0 saturated carbocycles. The summed E-state index contributed by atoms with van der Waals surface area (Å²) in [5, 5.41) is 1.13. The highest BCUT2D eigenvalue weighted by Crippen LogP contribution is 2.44. The number of rotatable bonds is 6. The number of hydrogen-bond donors (Lipinski definition) is 0. The molecular formula is C36H31Cl2N5O4. The van der Waals surface area contributed by atoms with Gasteiger partial charge in [0.2, 0.25) is 5.91 Å². The van der Waals surface area contributed by atoms with Crippen molar-refractivity contribution < 1.29 is 14.3 Å². The number of benzene rings is 4. The number of anilines is 2. The minimum atomic E-state index is -0.326. The zero-order chi connectivity index (χ0) is 32.7. The van der Waals surface area contributed by atoms with E-state index in [0.717, 1.165) is 5.69 Å². The molecule has 1 fully saturated rings. The number of fused-ring (bicyclic) bond motifs is 4. The van der Waals surface area contributed by atoms with Crippen molar-refractivity contribution >= 4 is 57.5 Å². The molecule has 1 aliphatic heterocycles. The molecule has 47 heavy (non-hydrogen) atoms. The Morgan fingerprint density at radius 1 is 0.872 bits per heavy atom. The van der Waals surface area contributed by atoms with Gasteiger partial charge in [0, 0.05) is 50.5 Å². The quantitative estimate of drug-likeness (QED) is 0.207. The van der Waals surface area contributed by atoms with Crippen molar-refractivity contribution in [3.63, 3.8) is 0 Å². The second kappa shape index (κ2) is 12.7. The summed E-state index contributed by atoms with van der Waals surface area (Å²) in [5.41, 5.74) is 6.38. The first kappa shape index (κ1) is 30.8. The fraction of sp³-hybridized carbons (Fsp3) is 0.222. The molecule has 238 valence electrons. The Morgan fingerprint density at radius 2 is 1.55 bits per heavy atom. The average Bonchev–Trinajstić information content (AvgIpc) is 3.42. The molecule has 5 aromatic rings. The van der Waals surface area contributed by atoms with E-state index < -0.39 is 0 Å². The van der Waals surface area contributed by atoms with Crippen LogP contribution in [0.15, 0.2) is 96.1 Å². The van der Waals surface area contributed by atoms with Gasteiger partial charge in [-0.2, -0.15) is 0 Å². The van der Waals surface area contributed by atoms with Crippen LogP contribution in [0.1, 0.15) is 17.0 Å². The molecule has 2 heterocycles. The lowest BCUT2D eigenvalue weighted by Crippen LogP contribution is -2.49. The monoisotopic (exact) mass is 667 g/mol. The standard InChI is InChI=1S/C36H31Cl2N5O4/c1-40(23-10-12-31(37)32(38)19-23)34(44)20-43-22-39-33-13-11-24(18-29(33)35(43)45)41-14-16-42(17-15-41)36(46)47-21-30-27-8-4-2-6-25(27)26-7-3-5-9-28(26)30/h2-13,18-19,22,30H,14-17,20-21H2,1H3. The van der Waals surface area contributed by atoms with E-state index in [4.69, 9.17) is 27.9 Å². The van der Waals surface area contributed by atoms with Crippen LogP contribution >= 0.6 is 23.2 Å². The van der Waals surface area contributed by atoms with Crippen molar-refractivity contribution in [2.45, 2.75) is 12.5 Å². The van der Waals surface area contributed by atoms with E-state index in [0.29, 0.717) is 52.8 Å². The van der Waals surface area contributed by atoms with Crippen LogP contribution in [0.4, 0.5) is 16.2 Å². The Hall–Kier alpha value is -4.86. The molecule has 0 atom stereocenters. The summed E-state index contributed by atoms with van der Waals surface area (Å²) < 4.78 is 7.17. The van der Waals surface area contributed by atoms with E-state index in [1.54, 1.807) is 42.3 Å². The lowest BCUT2D eigenvalue weighted by Gasteiger charge is -2.35. The zero-order valence-corrected chi connectivity index (χ0v) is 27.1. The Bertz CT molecular complexity index is 2030. The summed E-state index contributed by atoms with van der Waals surface area (Å²) in [6.45, 7) is 2.22. The molecule has 9 nitrogen and oxygen atoms in total. The van der Waals surface area contributed by atoms with Crippen molar-refractivity contribution in [2.75, 3.05) is 49.6 Å². The molecule has 2 amide bonds. The molecule has 0 N–H and O–H groups in total. The van der Waals surface area contributed by atoms with Crippen LogP contribution in [-0.2, 0) is 16.1 Å². The zero-order valence-electron chi connectivity index (χ0n) is 25.6. The fourth-order valence-electron chi connectivity index (χ4n) is 6.38. The number of carbonyl (C=O) groups is 2. The first-order valence-electron chi connectivity index (χ1n) is 15.3. The van der Waals surface area contributed by atoms with E-state index in [-0.39, 0.29) is 36.6 Å². The minimum absolute atomic E-state index is 0.00882. The van der Waals surface area contributed by atoms with E-state index >= 15 is 0 Å². The molecule has 1 aromatic heterocycles. The second-order valence-corrected chi connectivity index (χ2v) is 12.5. The topological polar surface area (TPSA) is 88.0 Å². The van der Waals surface area contributed by atoms with E-state index in [1.807, 2.05) is 30.3 Å². The van der Waals surface area contributed by atoms with Crippen LogP contribution in [0.2, 0.25) is 10.0 Å². The highest BCUT2D eigenvalue weighted by Gasteiger charge is 2.30. The van der Waals surface area contributed by atoms with Crippen LogP contribution in [0.3, 0.4) is 0 Å². The number of carbonyl (C=O) groups excluding carboxylic acids is 2. The van der Waals surface area contributed by atoms with Gasteiger partial charge in [-0.1, -0.05) is 71.7 Å². The van der Waals surface area contributed by atoms with Gasteiger partial charge in [-0.05, 0) is 58.7 Å². The Morgan fingerprint density at radius 3 is 2.23 bits per heavy atom. The van der Waals surface area contributed by atoms with Crippen molar-refractivity contribution in [3.05, 3.63) is 123 Å². The number of amides is 2. The molecular weight excluding hydrogens is 637 g/mol. The van der Waals surface area contributed by atoms with Gasteiger partial charge in [0.25, 0.3) is 5.56 Å². The van der Waals surface area contributed by atoms with Gasteiger partial charge in [0.15, 0.2) is 0 Å². The molecule has 1 saturated heterocycles. The Kier molecular flexibility index (Phi) is 8.34. The highest BCUT2D eigenvalue weighted by molar-refractivity contribution is 6.42. The van der Waals surface area contributed by atoms with E-state index in [2.05, 4.69) is 34.1 Å². The molecule has 0 bridgehead atoms. The van der Waals surface area contributed by atoms with Crippen LogP contribution in [-0.4, -0.2) is 66.3 Å². The van der Waals surface area contributed by atoms with Crippen LogP contribution in [0.25, 0.3) is 22.0 Å². The lowest BCUT2D eigenvalue weighted by atomic mass is 9.98. The summed E-state index contributed by atoms with van der Waals surface area (Å²) >= 11 is 12.1. The molecule has 0 radical (unpaired) electrons. The van der Waals surface area contributed by atoms with Crippen LogP contribution < -0.4 is 15.4 Å². The molecule has 1 aliphatic carbocycles. The van der Waals surface area contributed by atoms with Crippen LogP contribution in [0.5, 0.6) is 0 Å². The molecule has 2 aliphatic rings. The maximum absolute atomic E-state index is 13.5. The molecule has 0 spiro atoms. The maximum Gasteiger partial charge on any atom is 0.409 e. The van der Waals surface area contributed by atoms with Gasteiger partial charge in [-0.15, -0.1) is 0 Å². The third-order valence-electron chi connectivity index (χ3n) is 9.02. The number of halogens is 2.